The summed E-state index contributed by atoms with van der Waals surface area (Å²) in [4.78, 5) is 15.7. The quantitative estimate of drug-likeness (QED) is 0.866. The molecule has 3 nitrogen and oxygen atoms in total. The van der Waals surface area contributed by atoms with Crippen LogP contribution in [-0.4, -0.2) is 22.9 Å². The van der Waals surface area contributed by atoms with E-state index in [1.54, 1.807) is 11.3 Å². The van der Waals surface area contributed by atoms with Gasteiger partial charge in [0.2, 0.25) is 5.91 Å². The lowest BCUT2D eigenvalue weighted by atomic mass is 10.0. The molecule has 1 aromatic rings. The number of carbonyl (C=O) groups is 1. The lowest BCUT2D eigenvalue weighted by Crippen LogP contribution is -2.38. The summed E-state index contributed by atoms with van der Waals surface area (Å²) in [7, 11) is 0. The molecule has 0 saturated carbocycles. The highest BCUT2D eigenvalue weighted by atomic mass is 32.1. The molecule has 0 aliphatic carbocycles. The van der Waals surface area contributed by atoms with Crippen molar-refractivity contribution in [3.8, 4) is 0 Å². The minimum atomic E-state index is -0.0744. The molecule has 3 unspecified atom stereocenters. The summed E-state index contributed by atoms with van der Waals surface area (Å²) in [6.07, 6.45) is 3.57. The minimum absolute atomic E-state index is 0.0616. The second kappa shape index (κ2) is 6.72. The van der Waals surface area contributed by atoms with Crippen LogP contribution in [0.25, 0.3) is 0 Å². The summed E-state index contributed by atoms with van der Waals surface area (Å²) >= 11 is 1.72. The molecule has 1 aliphatic rings. The summed E-state index contributed by atoms with van der Waals surface area (Å²) in [5, 5.41) is 5.50. The van der Waals surface area contributed by atoms with Crippen molar-refractivity contribution in [2.45, 2.75) is 65.2 Å². The Balaban J connectivity index is 2.03. The molecule has 112 valence electrons. The molecular weight excluding hydrogens is 268 g/mol. The van der Waals surface area contributed by atoms with Crippen molar-refractivity contribution in [2.24, 2.45) is 5.92 Å². The first-order valence-corrected chi connectivity index (χ1v) is 8.50. The normalized spacial score (nSPS) is 24.6. The van der Waals surface area contributed by atoms with Gasteiger partial charge >= 0.3 is 0 Å². The average Bonchev–Trinajstić information content (AvgIpc) is 2.98. The number of rotatable bonds is 6. The second-order valence-electron chi connectivity index (χ2n) is 6.23. The fraction of sp³-hybridized carbons (Fsp3) is 0.688. The van der Waals surface area contributed by atoms with Crippen LogP contribution in [0.15, 0.2) is 17.5 Å². The van der Waals surface area contributed by atoms with Crippen LogP contribution in [-0.2, 0) is 4.79 Å². The third kappa shape index (κ3) is 3.41. The highest BCUT2D eigenvalue weighted by Crippen LogP contribution is 2.31. The molecule has 1 amide bonds. The second-order valence-corrected chi connectivity index (χ2v) is 7.20. The van der Waals surface area contributed by atoms with Crippen LogP contribution < -0.4 is 5.32 Å². The molecule has 1 saturated heterocycles. The van der Waals surface area contributed by atoms with Gasteiger partial charge in [-0.3, -0.25) is 10.1 Å². The highest BCUT2D eigenvalue weighted by molar-refractivity contribution is 7.10. The van der Waals surface area contributed by atoms with Crippen LogP contribution in [0.2, 0.25) is 0 Å². The standard InChI is InChI=1S/C16H26N2OS/c1-11(2)7-5-8-12(3)18-15(14-9-6-10-20-14)17-13(4)16(18)19/h6,9-13,15,17H,5,7-8H2,1-4H3. The van der Waals surface area contributed by atoms with Gasteiger partial charge in [-0.05, 0) is 37.6 Å². The van der Waals surface area contributed by atoms with Crippen molar-refractivity contribution in [3.63, 3.8) is 0 Å². The molecular formula is C16H26N2OS. The average molecular weight is 294 g/mol. The van der Waals surface area contributed by atoms with E-state index >= 15 is 0 Å². The number of hydrogen-bond donors (Lipinski definition) is 1. The summed E-state index contributed by atoms with van der Waals surface area (Å²) in [6.45, 7) is 8.65. The number of nitrogens with zero attached hydrogens (tertiary/aromatic N) is 1. The van der Waals surface area contributed by atoms with Gasteiger partial charge in [-0.15, -0.1) is 11.3 Å². The zero-order valence-electron chi connectivity index (χ0n) is 12.9. The Kier molecular flexibility index (Phi) is 5.22. The number of carbonyl (C=O) groups excluding carboxylic acids is 1. The van der Waals surface area contributed by atoms with Gasteiger partial charge < -0.3 is 4.90 Å². The van der Waals surface area contributed by atoms with Gasteiger partial charge in [-0.25, -0.2) is 0 Å². The van der Waals surface area contributed by atoms with E-state index in [4.69, 9.17) is 0 Å². The number of thiophene rings is 1. The fourth-order valence-corrected chi connectivity index (χ4v) is 3.62. The zero-order chi connectivity index (χ0) is 14.7. The molecule has 1 N–H and O–H groups in total. The molecule has 3 atom stereocenters. The predicted molar refractivity (Wildman–Crippen MR) is 84.7 cm³/mol. The van der Waals surface area contributed by atoms with E-state index in [-0.39, 0.29) is 18.1 Å². The molecule has 4 heteroatoms. The topological polar surface area (TPSA) is 32.3 Å². The molecule has 20 heavy (non-hydrogen) atoms. The molecule has 0 radical (unpaired) electrons. The van der Waals surface area contributed by atoms with E-state index in [0.29, 0.717) is 6.04 Å². The zero-order valence-corrected chi connectivity index (χ0v) is 13.7. The van der Waals surface area contributed by atoms with Crippen molar-refractivity contribution < 1.29 is 4.79 Å². The summed E-state index contributed by atoms with van der Waals surface area (Å²) < 4.78 is 0. The lowest BCUT2D eigenvalue weighted by molar-refractivity contribution is -0.131. The molecule has 1 aromatic heterocycles. The van der Waals surface area contributed by atoms with Crippen LogP contribution in [0.1, 0.15) is 58.0 Å². The number of nitrogens with one attached hydrogen (secondary N) is 1. The van der Waals surface area contributed by atoms with E-state index in [1.807, 2.05) is 6.92 Å². The van der Waals surface area contributed by atoms with Gasteiger partial charge in [0, 0.05) is 10.9 Å². The van der Waals surface area contributed by atoms with Crippen molar-refractivity contribution >= 4 is 17.2 Å². The van der Waals surface area contributed by atoms with Crippen LogP contribution in [0.5, 0.6) is 0 Å². The Morgan fingerprint density at radius 3 is 2.70 bits per heavy atom. The largest absolute Gasteiger partial charge is 0.318 e. The first kappa shape index (κ1) is 15.5. The van der Waals surface area contributed by atoms with Crippen molar-refractivity contribution in [1.82, 2.24) is 10.2 Å². The van der Waals surface area contributed by atoms with Gasteiger partial charge in [-0.1, -0.05) is 32.8 Å². The molecule has 0 aromatic carbocycles. The smallest absolute Gasteiger partial charge is 0.241 e. The van der Waals surface area contributed by atoms with Crippen LogP contribution in [0.3, 0.4) is 0 Å². The van der Waals surface area contributed by atoms with Gasteiger partial charge in [0.05, 0.1) is 6.04 Å². The maximum atomic E-state index is 12.4. The fourth-order valence-electron chi connectivity index (χ4n) is 2.84. The Morgan fingerprint density at radius 1 is 1.35 bits per heavy atom. The van der Waals surface area contributed by atoms with Crippen molar-refractivity contribution in [3.05, 3.63) is 22.4 Å². The van der Waals surface area contributed by atoms with E-state index in [9.17, 15) is 4.79 Å². The van der Waals surface area contributed by atoms with E-state index < -0.39 is 0 Å². The van der Waals surface area contributed by atoms with Crippen molar-refractivity contribution in [2.75, 3.05) is 0 Å². The van der Waals surface area contributed by atoms with Crippen LogP contribution in [0.4, 0.5) is 0 Å². The van der Waals surface area contributed by atoms with Gasteiger partial charge in [0.25, 0.3) is 0 Å². The Bertz CT molecular complexity index is 430. The third-order valence-electron chi connectivity index (χ3n) is 4.00. The molecule has 0 bridgehead atoms. The summed E-state index contributed by atoms with van der Waals surface area (Å²) in [5.74, 6) is 0.974. The molecule has 1 fully saturated rings. The van der Waals surface area contributed by atoms with Gasteiger partial charge in [0.1, 0.15) is 6.17 Å². The van der Waals surface area contributed by atoms with Crippen molar-refractivity contribution in [1.29, 1.82) is 0 Å². The maximum Gasteiger partial charge on any atom is 0.241 e. The SMILES string of the molecule is CC(C)CCCC(C)N1C(=O)C(C)NC1c1cccs1. The van der Waals surface area contributed by atoms with E-state index in [1.165, 1.54) is 17.7 Å². The molecule has 2 rings (SSSR count). The monoisotopic (exact) mass is 294 g/mol. The molecule has 1 aliphatic heterocycles. The number of amides is 1. The minimum Gasteiger partial charge on any atom is -0.318 e. The first-order chi connectivity index (χ1) is 9.50. The summed E-state index contributed by atoms with van der Waals surface area (Å²) in [5.41, 5.74) is 0. The predicted octanol–water partition coefficient (Wildman–Crippen LogP) is 3.78. The van der Waals surface area contributed by atoms with Crippen LogP contribution in [0, 0.1) is 5.92 Å². The van der Waals surface area contributed by atoms with E-state index in [0.717, 1.165) is 12.3 Å². The third-order valence-corrected chi connectivity index (χ3v) is 4.93. The Hall–Kier alpha value is -0.870. The van der Waals surface area contributed by atoms with E-state index in [2.05, 4.69) is 48.5 Å². The van der Waals surface area contributed by atoms with Crippen LogP contribution >= 0.6 is 11.3 Å². The molecule has 2 heterocycles. The Labute approximate surface area is 126 Å². The summed E-state index contributed by atoms with van der Waals surface area (Å²) in [6, 6.07) is 4.39. The lowest BCUT2D eigenvalue weighted by Gasteiger charge is -2.30. The molecule has 0 spiro atoms. The maximum absolute atomic E-state index is 12.4. The Morgan fingerprint density at radius 2 is 2.10 bits per heavy atom. The van der Waals surface area contributed by atoms with Gasteiger partial charge in [0.15, 0.2) is 0 Å². The first-order valence-electron chi connectivity index (χ1n) is 7.62. The number of hydrogen-bond acceptors (Lipinski definition) is 3. The van der Waals surface area contributed by atoms with Gasteiger partial charge in [-0.2, -0.15) is 0 Å². The highest BCUT2D eigenvalue weighted by Gasteiger charge is 2.39.